The van der Waals surface area contributed by atoms with Crippen molar-refractivity contribution in [1.29, 1.82) is 5.26 Å². The van der Waals surface area contributed by atoms with Crippen LogP contribution in [0.1, 0.15) is 31.0 Å². The lowest BCUT2D eigenvalue weighted by molar-refractivity contribution is 0.893. The van der Waals surface area contributed by atoms with Crippen molar-refractivity contribution in [2.75, 3.05) is 5.75 Å². The fourth-order valence-electron chi connectivity index (χ4n) is 1.04. The Hall–Kier alpha value is -1.01. The van der Waals surface area contributed by atoms with Crippen molar-refractivity contribution >= 4 is 11.8 Å². The second kappa shape index (κ2) is 5.66. The molecule has 1 heterocycles. The Labute approximate surface area is 89.4 Å². The quantitative estimate of drug-likeness (QED) is 0.561. The van der Waals surface area contributed by atoms with Crippen LogP contribution in [-0.2, 0) is 0 Å². The molecule has 1 aromatic rings. The van der Waals surface area contributed by atoms with Crippen LogP contribution < -0.4 is 0 Å². The Morgan fingerprint density at radius 1 is 1.50 bits per heavy atom. The average molecular weight is 206 g/mol. The van der Waals surface area contributed by atoms with Gasteiger partial charge in [0, 0.05) is 5.69 Å². The summed E-state index contributed by atoms with van der Waals surface area (Å²) in [6, 6.07) is 5.89. The van der Waals surface area contributed by atoms with Crippen LogP contribution in [0.2, 0.25) is 0 Å². The minimum atomic E-state index is 0.691. The zero-order valence-electron chi connectivity index (χ0n) is 8.58. The van der Waals surface area contributed by atoms with E-state index < -0.39 is 0 Å². The summed E-state index contributed by atoms with van der Waals surface area (Å²) >= 11 is 1.68. The number of nitriles is 1. The summed E-state index contributed by atoms with van der Waals surface area (Å²) in [5, 5.41) is 9.74. The van der Waals surface area contributed by atoms with Gasteiger partial charge in [0.15, 0.2) is 0 Å². The first-order valence-electron chi connectivity index (χ1n) is 4.78. The van der Waals surface area contributed by atoms with E-state index in [2.05, 4.69) is 18.0 Å². The molecule has 0 aliphatic heterocycles. The third-order valence-corrected chi connectivity index (χ3v) is 2.93. The summed E-state index contributed by atoms with van der Waals surface area (Å²) < 4.78 is 0. The lowest BCUT2D eigenvalue weighted by atomic mass is 10.3. The number of pyridine rings is 1. The van der Waals surface area contributed by atoms with E-state index >= 15 is 0 Å². The maximum absolute atomic E-state index is 8.86. The molecular weight excluding hydrogens is 192 g/mol. The first-order valence-corrected chi connectivity index (χ1v) is 5.77. The van der Waals surface area contributed by atoms with Crippen molar-refractivity contribution in [3.8, 4) is 6.07 Å². The number of aryl methyl sites for hydroxylation is 1. The lowest BCUT2D eigenvalue weighted by Gasteiger charge is -2.02. The highest BCUT2D eigenvalue weighted by molar-refractivity contribution is 7.99. The highest BCUT2D eigenvalue weighted by Crippen LogP contribution is 2.21. The van der Waals surface area contributed by atoms with E-state index in [0.29, 0.717) is 5.56 Å². The summed E-state index contributed by atoms with van der Waals surface area (Å²) in [5.41, 5.74) is 1.67. The highest BCUT2D eigenvalue weighted by atomic mass is 32.2. The van der Waals surface area contributed by atoms with E-state index in [4.69, 9.17) is 5.26 Å². The number of nitrogens with zero attached hydrogens (tertiary/aromatic N) is 2. The van der Waals surface area contributed by atoms with Crippen LogP contribution in [0.3, 0.4) is 0 Å². The average Bonchev–Trinajstić information content (AvgIpc) is 2.19. The molecule has 2 nitrogen and oxygen atoms in total. The molecule has 0 atom stereocenters. The molecule has 0 aliphatic carbocycles. The maximum Gasteiger partial charge on any atom is 0.114 e. The molecule has 14 heavy (non-hydrogen) atoms. The highest BCUT2D eigenvalue weighted by Gasteiger charge is 2.03. The third-order valence-electron chi connectivity index (χ3n) is 1.86. The zero-order chi connectivity index (χ0) is 10.4. The predicted molar refractivity (Wildman–Crippen MR) is 59.3 cm³/mol. The summed E-state index contributed by atoms with van der Waals surface area (Å²) in [4.78, 5) is 4.36. The van der Waals surface area contributed by atoms with Gasteiger partial charge in [-0.05, 0) is 31.2 Å². The van der Waals surface area contributed by atoms with Crippen LogP contribution in [0.25, 0.3) is 0 Å². The minimum Gasteiger partial charge on any atom is -0.245 e. The minimum absolute atomic E-state index is 0.691. The molecule has 0 fully saturated rings. The van der Waals surface area contributed by atoms with Crippen molar-refractivity contribution in [1.82, 2.24) is 4.98 Å². The maximum atomic E-state index is 8.86. The van der Waals surface area contributed by atoms with Crippen molar-refractivity contribution in [2.45, 2.75) is 31.7 Å². The van der Waals surface area contributed by atoms with Gasteiger partial charge in [-0.3, -0.25) is 0 Å². The molecule has 1 rings (SSSR count). The standard InChI is InChI=1S/C11H14N2S/c1-3-4-7-14-11-10(8-12)6-5-9(2)13-11/h5-6H,3-4,7H2,1-2H3. The molecular formula is C11H14N2S. The van der Waals surface area contributed by atoms with Crippen LogP contribution in [0.4, 0.5) is 0 Å². The van der Waals surface area contributed by atoms with Gasteiger partial charge in [-0.1, -0.05) is 13.3 Å². The van der Waals surface area contributed by atoms with Crippen LogP contribution in [-0.4, -0.2) is 10.7 Å². The first kappa shape index (κ1) is 11.1. The smallest absolute Gasteiger partial charge is 0.114 e. The first-order chi connectivity index (χ1) is 6.77. The van der Waals surface area contributed by atoms with E-state index in [1.165, 1.54) is 12.8 Å². The van der Waals surface area contributed by atoms with Gasteiger partial charge in [0.25, 0.3) is 0 Å². The summed E-state index contributed by atoms with van der Waals surface area (Å²) in [6.45, 7) is 4.11. The molecule has 0 saturated heterocycles. The van der Waals surface area contributed by atoms with E-state index in [-0.39, 0.29) is 0 Å². The number of aromatic nitrogens is 1. The SMILES string of the molecule is CCCCSc1nc(C)ccc1C#N. The molecule has 0 aromatic carbocycles. The van der Waals surface area contributed by atoms with Gasteiger partial charge < -0.3 is 0 Å². The summed E-state index contributed by atoms with van der Waals surface area (Å²) in [6.07, 6.45) is 2.35. The van der Waals surface area contributed by atoms with Gasteiger partial charge >= 0.3 is 0 Å². The largest absolute Gasteiger partial charge is 0.245 e. The monoisotopic (exact) mass is 206 g/mol. The van der Waals surface area contributed by atoms with Gasteiger partial charge in [-0.25, -0.2) is 4.98 Å². The van der Waals surface area contributed by atoms with E-state index in [0.717, 1.165) is 16.5 Å². The molecule has 0 aliphatic rings. The normalized spacial score (nSPS) is 9.79. The van der Waals surface area contributed by atoms with Crippen LogP contribution in [0, 0.1) is 18.3 Å². The molecule has 0 amide bonds. The van der Waals surface area contributed by atoms with Crippen molar-refractivity contribution in [2.24, 2.45) is 0 Å². The Morgan fingerprint density at radius 2 is 2.29 bits per heavy atom. The van der Waals surface area contributed by atoms with Crippen LogP contribution in [0.5, 0.6) is 0 Å². The molecule has 0 radical (unpaired) electrons. The summed E-state index contributed by atoms with van der Waals surface area (Å²) in [7, 11) is 0. The third kappa shape index (κ3) is 3.04. The molecule has 0 saturated carbocycles. The zero-order valence-corrected chi connectivity index (χ0v) is 9.40. The predicted octanol–water partition coefficient (Wildman–Crippen LogP) is 3.15. The number of rotatable bonds is 4. The molecule has 74 valence electrons. The van der Waals surface area contributed by atoms with Crippen LogP contribution in [0.15, 0.2) is 17.2 Å². The molecule has 1 aromatic heterocycles. The second-order valence-electron chi connectivity index (χ2n) is 3.12. The second-order valence-corrected chi connectivity index (χ2v) is 4.20. The van der Waals surface area contributed by atoms with Gasteiger partial charge in [-0.2, -0.15) is 5.26 Å². The Kier molecular flexibility index (Phi) is 4.48. The number of thioether (sulfide) groups is 1. The van der Waals surface area contributed by atoms with Crippen molar-refractivity contribution in [3.63, 3.8) is 0 Å². The Balaban J connectivity index is 2.73. The fourth-order valence-corrected chi connectivity index (χ4v) is 2.15. The van der Waals surface area contributed by atoms with Gasteiger partial charge in [0.05, 0.1) is 5.56 Å². The molecule has 0 N–H and O–H groups in total. The molecule has 0 unspecified atom stereocenters. The topological polar surface area (TPSA) is 36.7 Å². The Morgan fingerprint density at radius 3 is 2.93 bits per heavy atom. The molecule has 3 heteroatoms. The van der Waals surface area contributed by atoms with Crippen molar-refractivity contribution < 1.29 is 0 Å². The number of hydrogen-bond donors (Lipinski definition) is 0. The molecule has 0 spiro atoms. The van der Waals surface area contributed by atoms with Crippen molar-refractivity contribution in [3.05, 3.63) is 23.4 Å². The van der Waals surface area contributed by atoms with E-state index in [1.807, 2.05) is 19.1 Å². The number of hydrogen-bond acceptors (Lipinski definition) is 3. The fraction of sp³-hybridized carbons (Fsp3) is 0.455. The number of unbranched alkanes of at least 4 members (excludes halogenated alkanes) is 1. The van der Waals surface area contributed by atoms with Gasteiger partial charge in [-0.15, -0.1) is 11.8 Å². The van der Waals surface area contributed by atoms with E-state index in [9.17, 15) is 0 Å². The Bertz CT molecular complexity index is 342. The summed E-state index contributed by atoms with van der Waals surface area (Å²) in [5.74, 6) is 1.04. The van der Waals surface area contributed by atoms with Gasteiger partial charge in [0.2, 0.25) is 0 Å². The van der Waals surface area contributed by atoms with Gasteiger partial charge in [0.1, 0.15) is 11.1 Å². The van der Waals surface area contributed by atoms with E-state index in [1.54, 1.807) is 11.8 Å². The lowest BCUT2D eigenvalue weighted by Crippen LogP contribution is -1.90. The van der Waals surface area contributed by atoms with Crippen LogP contribution >= 0.6 is 11.8 Å². The molecule has 0 bridgehead atoms.